The van der Waals surface area contributed by atoms with Crippen molar-refractivity contribution in [2.24, 2.45) is 23.5 Å². The van der Waals surface area contributed by atoms with Crippen molar-refractivity contribution in [2.75, 3.05) is 5.75 Å². The van der Waals surface area contributed by atoms with E-state index in [1.54, 1.807) is 0 Å². The van der Waals surface area contributed by atoms with Gasteiger partial charge in [0.15, 0.2) is 0 Å². The molecule has 0 aliphatic carbocycles. The third kappa shape index (κ3) is 6.78. The molecule has 1 rings (SSSR count). The predicted octanol–water partition coefficient (Wildman–Crippen LogP) is 1.49. The number of hydrogen-bond donors (Lipinski definition) is 4. The number of nitrogens with two attached hydrogens (primary N) is 1. The van der Waals surface area contributed by atoms with Crippen molar-refractivity contribution in [1.82, 2.24) is 5.32 Å². The third-order valence-electron chi connectivity index (χ3n) is 4.00. The molecule has 0 fully saturated rings. The fourth-order valence-electron chi connectivity index (χ4n) is 2.69. The summed E-state index contributed by atoms with van der Waals surface area (Å²) in [5.74, 6) is -3.73. The van der Waals surface area contributed by atoms with Crippen LogP contribution in [0.2, 0.25) is 0 Å². The minimum Gasteiger partial charge on any atom is -0.481 e. The van der Waals surface area contributed by atoms with Crippen molar-refractivity contribution in [3.8, 4) is 0 Å². The zero-order chi connectivity index (χ0) is 19.0. The second-order valence-corrected chi connectivity index (χ2v) is 6.88. The molecule has 0 aromatic heterocycles. The van der Waals surface area contributed by atoms with Crippen LogP contribution in [0, 0.1) is 17.8 Å². The highest BCUT2D eigenvalue weighted by molar-refractivity contribution is 7.80. The lowest BCUT2D eigenvalue weighted by Crippen LogP contribution is -2.50. The fraction of sp³-hybridized carbons (Fsp3) is 0.500. The van der Waals surface area contributed by atoms with Gasteiger partial charge < -0.3 is 16.2 Å². The van der Waals surface area contributed by atoms with Gasteiger partial charge in [0.2, 0.25) is 11.8 Å². The SMILES string of the molecule is CC(C)C[C@@H](C(=O)N[C@@H](Cc1ccccc1)C(N)=O)[C@H](CS)C(=O)O. The molecule has 2 amide bonds. The number of carbonyl (C=O) groups is 3. The number of rotatable bonds is 10. The lowest BCUT2D eigenvalue weighted by molar-refractivity contribution is -0.147. The number of nitrogens with one attached hydrogen (secondary N) is 1. The van der Waals surface area contributed by atoms with E-state index in [1.165, 1.54) is 0 Å². The molecule has 4 N–H and O–H groups in total. The van der Waals surface area contributed by atoms with Crippen LogP contribution >= 0.6 is 12.6 Å². The molecule has 0 spiro atoms. The van der Waals surface area contributed by atoms with Crippen LogP contribution in [-0.4, -0.2) is 34.7 Å². The highest BCUT2D eigenvalue weighted by Crippen LogP contribution is 2.23. The quantitative estimate of drug-likeness (QED) is 0.470. The summed E-state index contributed by atoms with van der Waals surface area (Å²) < 4.78 is 0. The summed E-state index contributed by atoms with van der Waals surface area (Å²) in [7, 11) is 0. The Bertz CT molecular complexity index is 592. The number of aliphatic carboxylic acids is 1. The van der Waals surface area contributed by atoms with Crippen molar-refractivity contribution in [1.29, 1.82) is 0 Å². The Labute approximate surface area is 153 Å². The first-order valence-corrected chi connectivity index (χ1v) is 8.86. The molecule has 0 heterocycles. The summed E-state index contributed by atoms with van der Waals surface area (Å²) in [4.78, 5) is 35.9. The first-order chi connectivity index (χ1) is 11.8. The van der Waals surface area contributed by atoms with E-state index in [0.717, 1.165) is 5.56 Å². The van der Waals surface area contributed by atoms with Crippen molar-refractivity contribution < 1.29 is 19.5 Å². The molecule has 25 heavy (non-hydrogen) atoms. The smallest absolute Gasteiger partial charge is 0.308 e. The molecule has 0 aliphatic rings. The van der Waals surface area contributed by atoms with E-state index in [2.05, 4.69) is 17.9 Å². The monoisotopic (exact) mass is 366 g/mol. The molecule has 1 aromatic rings. The van der Waals surface area contributed by atoms with Gasteiger partial charge in [-0.05, 0) is 17.9 Å². The summed E-state index contributed by atoms with van der Waals surface area (Å²) in [6.07, 6.45) is 0.648. The van der Waals surface area contributed by atoms with Crippen molar-refractivity contribution >= 4 is 30.4 Å². The maximum Gasteiger partial charge on any atom is 0.308 e. The Hall–Kier alpha value is -2.02. The minimum atomic E-state index is -1.07. The molecule has 6 nitrogen and oxygen atoms in total. The number of carboxylic acids is 1. The topological polar surface area (TPSA) is 109 Å². The van der Waals surface area contributed by atoms with E-state index in [9.17, 15) is 19.5 Å². The zero-order valence-corrected chi connectivity index (χ0v) is 15.4. The first-order valence-electron chi connectivity index (χ1n) is 8.23. The number of benzene rings is 1. The molecular formula is C18H26N2O4S. The van der Waals surface area contributed by atoms with E-state index in [1.807, 2.05) is 44.2 Å². The molecular weight excluding hydrogens is 340 g/mol. The van der Waals surface area contributed by atoms with Crippen LogP contribution in [0.5, 0.6) is 0 Å². The minimum absolute atomic E-state index is 0.0417. The van der Waals surface area contributed by atoms with Crippen LogP contribution in [0.15, 0.2) is 30.3 Å². The third-order valence-corrected chi connectivity index (χ3v) is 4.40. The molecule has 0 saturated heterocycles. The summed E-state index contributed by atoms with van der Waals surface area (Å²) >= 11 is 4.07. The van der Waals surface area contributed by atoms with Crippen molar-refractivity contribution in [3.63, 3.8) is 0 Å². The maximum atomic E-state index is 12.7. The Morgan fingerprint density at radius 2 is 1.76 bits per heavy atom. The summed E-state index contributed by atoms with van der Waals surface area (Å²) in [5, 5.41) is 12.0. The van der Waals surface area contributed by atoms with Gasteiger partial charge in [0, 0.05) is 12.2 Å². The van der Waals surface area contributed by atoms with Crippen LogP contribution in [0.3, 0.4) is 0 Å². The van der Waals surface area contributed by atoms with Gasteiger partial charge in [-0.1, -0.05) is 44.2 Å². The van der Waals surface area contributed by atoms with Crippen LogP contribution < -0.4 is 11.1 Å². The van der Waals surface area contributed by atoms with Gasteiger partial charge in [0.1, 0.15) is 6.04 Å². The molecule has 138 valence electrons. The van der Waals surface area contributed by atoms with E-state index in [0.29, 0.717) is 6.42 Å². The highest BCUT2D eigenvalue weighted by Gasteiger charge is 2.34. The van der Waals surface area contributed by atoms with Gasteiger partial charge in [-0.15, -0.1) is 0 Å². The van der Waals surface area contributed by atoms with E-state index >= 15 is 0 Å². The maximum absolute atomic E-state index is 12.7. The predicted molar refractivity (Wildman–Crippen MR) is 99.2 cm³/mol. The summed E-state index contributed by atoms with van der Waals surface area (Å²) in [5.41, 5.74) is 6.27. The van der Waals surface area contributed by atoms with Gasteiger partial charge in [0.25, 0.3) is 0 Å². The molecule has 7 heteroatoms. The van der Waals surface area contributed by atoms with Gasteiger partial charge in [0.05, 0.1) is 11.8 Å². The molecule has 3 atom stereocenters. The number of carbonyl (C=O) groups excluding carboxylic acids is 2. The number of amides is 2. The fourth-order valence-corrected chi connectivity index (χ4v) is 3.10. The summed E-state index contributed by atoms with van der Waals surface area (Å²) in [6, 6.07) is 8.29. The van der Waals surface area contributed by atoms with Gasteiger partial charge in [-0.25, -0.2) is 0 Å². The Morgan fingerprint density at radius 3 is 2.20 bits per heavy atom. The van der Waals surface area contributed by atoms with Crippen LogP contribution in [0.25, 0.3) is 0 Å². The molecule has 1 aromatic carbocycles. The number of primary amides is 1. The largest absolute Gasteiger partial charge is 0.481 e. The van der Waals surface area contributed by atoms with Gasteiger partial charge in [-0.3, -0.25) is 14.4 Å². The van der Waals surface area contributed by atoms with Crippen LogP contribution in [-0.2, 0) is 20.8 Å². The molecule has 0 saturated carbocycles. The Morgan fingerprint density at radius 1 is 1.16 bits per heavy atom. The summed E-state index contributed by atoms with van der Waals surface area (Å²) in [6.45, 7) is 3.82. The normalized spacial score (nSPS) is 14.6. The van der Waals surface area contributed by atoms with Gasteiger partial charge in [-0.2, -0.15) is 12.6 Å². The first kappa shape index (κ1) is 21.0. The molecule has 0 radical (unpaired) electrons. The molecule has 0 bridgehead atoms. The number of thiol groups is 1. The highest BCUT2D eigenvalue weighted by atomic mass is 32.1. The second-order valence-electron chi connectivity index (χ2n) is 6.52. The molecule has 0 unspecified atom stereocenters. The van der Waals surface area contributed by atoms with E-state index in [4.69, 9.17) is 5.73 Å². The van der Waals surface area contributed by atoms with Crippen LogP contribution in [0.4, 0.5) is 0 Å². The standard InChI is InChI=1S/C18H26N2O4S/c1-11(2)8-13(14(10-25)18(23)24)17(22)20-15(16(19)21)9-12-6-4-3-5-7-12/h3-7,11,13-15,25H,8-10H2,1-2H3,(H2,19,21)(H,20,22)(H,23,24)/t13-,14+,15+/m1/s1. The number of hydrogen-bond acceptors (Lipinski definition) is 4. The van der Waals surface area contributed by atoms with E-state index in [-0.39, 0.29) is 18.1 Å². The van der Waals surface area contributed by atoms with Gasteiger partial charge >= 0.3 is 5.97 Å². The molecule has 0 aliphatic heterocycles. The lowest BCUT2D eigenvalue weighted by Gasteiger charge is -2.26. The average molecular weight is 366 g/mol. The lowest BCUT2D eigenvalue weighted by atomic mass is 9.85. The average Bonchev–Trinajstić information content (AvgIpc) is 2.54. The Balaban J connectivity index is 2.93. The number of carboxylic acid groups (broad SMARTS) is 1. The van der Waals surface area contributed by atoms with Crippen LogP contribution in [0.1, 0.15) is 25.8 Å². The van der Waals surface area contributed by atoms with Crippen molar-refractivity contribution in [2.45, 2.75) is 32.7 Å². The van der Waals surface area contributed by atoms with E-state index < -0.39 is 35.7 Å². The van der Waals surface area contributed by atoms with Crippen molar-refractivity contribution in [3.05, 3.63) is 35.9 Å². The Kier molecular flexibility index (Phi) is 8.48. The zero-order valence-electron chi connectivity index (χ0n) is 14.5. The second kappa shape index (κ2) is 10.1.